The minimum absolute atomic E-state index is 0.119. The molecule has 4 heteroatoms. The normalized spacial score (nSPS) is 26.3. The Labute approximate surface area is 168 Å². The van der Waals surface area contributed by atoms with Gasteiger partial charge in [-0.3, -0.25) is 0 Å². The first-order chi connectivity index (χ1) is 13.5. The van der Waals surface area contributed by atoms with Crippen LogP contribution in [0.2, 0.25) is 0 Å². The lowest BCUT2D eigenvalue weighted by molar-refractivity contribution is 0.124. The maximum atomic E-state index is 14.4. The Morgan fingerprint density at radius 3 is 2.86 bits per heavy atom. The Morgan fingerprint density at radius 1 is 1.29 bits per heavy atom. The third kappa shape index (κ3) is 7.40. The number of allylic oxidation sites excluding steroid dienone is 3. The van der Waals surface area contributed by atoms with Crippen molar-refractivity contribution >= 4 is 0 Å². The smallest absolute Gasteiger partial charge is 0.119 e. The quantitative estimate of drug-likeness (QED) is 0.406. The summed E-state index contributed by atoms with van der Waals surface area (Å²) in [4.78, 5) is 0. The zero-order chi connectivity index (χ0) is 20.4. The van der Waals surface area contributed by atoms with Crippen LogP contribution in [0.3, 0.4) is 0 Å². The molecule has 0 heterocycles. The fraction of sp³-hybridized carbons (Fsp3) is 0.583. The fourth-order valence-electron chi connectivity index (χ4n) is 3.75. The second kappa shape index (κ2) is 12.0. The third-order valence-corrected chi connectivity index (χ3v) is 5.39. The summed E-state index contributed by atoms with van der Waals surface area (Å²) in [6, 6.07) is 7.64. The van der Waals surface area contributed by atoms with Crippen molar-refractivity contribution in [1.29, 1.82) is 0 Å². The van der Waals surface area contributed by atoms with Gasteiger partial charge < -0.3 is 14.9 Å². The highest BCUT2D eigenvalue weighted by Crippen LogP contribution is 2.38. The van der Waals surface area contributed by atoms with Crippen molar-refractivity contribution in [2.75, 3.05) is 6.61 Å². The average Bonchev–Trinajstić information content (AvgIpc) is 2.94. The number of hydrogen-bond acceptors (Lipinski definition) is 3. The van der Waals surface area contributed by atoms with Crippen molar-refractivity contribution in [3.63, 3.8) is 0 Å². The molecule has 0 radical (unpaired) electrons. The van der Waals surface area contributed by atoms with E-state index in [1.54, 1.807) is 12.2 Å². The van der Waals surface area contributed by atoms with Gasteiger partial charge in [-0.05, 0) is 49.8 Å². The van der Waals surface area contributed by atoms with Gasteiger partial charge in [-0.1, -0.05) is 56.2 Å². The summed E-state index contributed by atoms with van der Waals surface area (Å²) in [7, 11) is 0. The Kier molecular flexibility index (Phi) is 9.72. The molecule has 1 aliphatic carbocycles. The molecule has 0 aliphatic heterocycles. The first-order valence-electron chi connectivity index (χ1n) is 10.5. The van der Waals surface area contributed by atoms with Gasteiger partial charge in [-0.25, -0.2) is 4.39 Å². The van der Waals surface area contributed by atoms with Gasteiger partial charge in [-0.2, -0.15) is 0 Å². The van der Waals surface area contributed by atoms with E-state index in [2.05, 4.69) is 19.1 Å². The monoisotopic (exact) mass is 390 g/mol. The number of ether oxygens (including phenoxy) is 1. The SMILES string of the molecule is CCCCC/C=C\C[C@@H]1[C@@H](/C=C/[C@@H](O)COc2cccc(C)c2)[C@@H](F)C[C@@H]1O. The summed E-state index contributed by atoms with van der Waals surface area (Å²) in [5.41, 5.74) is 1.09. The zero-order valence-electron chi connectivity index (χ0n) is 17.1. The second-order valence-corrected chi connectivity index (χ2v) is 7.84. The summed E-state index contributed by atoms with van der Waals surface area (Å²) >= 11 is 0. The zero-order valence-corrected chi connectivity index (χ0v) is 17.1. The van der Waals surface area contributed by atoms with Crippen LogP contribution in [0.25, 0.3) is 0 Å². The Balaban J connectivity index is 1.84. The van der Waals surface area contributed by atoms with E-state index in [0.717, 1.165) is 12.0 Å². The molecule has 1 aromatic carbocycles. The van der Waals surface area contributed by atoms with Crippen LogP contribution in [-0.2, 0) is 0 Å². The van der Waals surface area contributed by atoms with E-state index in [9.17, 15) is 14.6 Å². The van der Waals surface area contributed by atoms with Crippen molar-refractivity contribution in [3.8, 4) is 5.75 Å². The standard InChI is InChI=1S/C24H35FO3/c1-3-4-5-6-7-8-12-22-21(23(25)16-24(22)27)14-13-19(26)17-28-20-11-9-10-18(2)15-20/h7-11,13-15,19,21-24,26-27H,3-6,12,16-17H2,1-2H3/b8-7-,14-13+/t19-,21-,22-,23+,24+/m1/s1. The highest BCUT2D eigenvalue weighted by molar-refractivity contribution is 5.27. The molecule has 0 bridgehead atoms. The molecule has 0 saturated heterocycles. The van der Waals surface area contributed by atoms with Crippen LogP contribution in [0.15, 0.2) is 48.6 Å². The molecule has 1 saturated carbocycles. The van der Waals surface area contributed by atoms with Gasteiger partial charge in [0.15, 0.2) is 0 Å². The van der Waals surface area contributed by atoms with Crippen molar-refractivity contribution in [1.82, 2.24) is 0 Å². The predicted octanol–water partition coefficient (Wildman–Crippen LogP) is 5.15. The Hall–Kier alpha value is -1.65. The molecule has 2 rings (SSSR count). The Morgan fingerprint density at radius 2 is 2.11 bits per heavy atom. The van der Waals surface area contributed by atoms with E-state index in [-0.39, 0.29) is 24.9 Å². The lowest BCUT2D eigenvalue weighted by Gasteiger charge is -2.19. The van der Waals surface area contributed by atoms with Crippen molar-refractivity contribution < 1.29 is 19.3 Å². The first kappa shape index (κ1) is 22.6. The minimum atomic E-state index is -1.07. The lowest BCUT2D eigenvalue weighted by Crippen LogP contribution is -2.20. The van der Waals surface area contributed by atoms with Gasteiger partial charge in [0.1, 0.15) is 24.6 Å². The summed E-state index contributed by atoms with van der Waals surface area (Å²) in [6.07, 6.45) is 10.5. The number of aryl methyl sites for hydroxylation is 1. The van der Waals surface area contributed by atoms with Crippen LogP contribution in [0, 0.1) is 18.8 Å². The van der Waals surface area contributed by atoms with Gasteiger partial charge in [0.25, 0.3) is 0 Å². The number of benzene rings is 1. The van der Waals surface area contributed by atoms with Crippen LogP contribution in [0.5, 0.6) is 5.75 Å². The van der Waals surface area contributed by atoms with E-state index >= 15 is 0 Å². The van der Waals surface area contributed by atoms with Gasteiger partial charge in [0.2, 0.25) is 0 Å². The summed E-state index contributed by atoms with van der Waals surface area (Å²) in [6.45, 7) is 4.28. The van der Waals surface area contributed by atoms with E-state index in [1.165, 1.54) is 19.3 Å². The van der Waals surface area contributed by atoms with Crippen LogP contribution in [-0.4, -0.2) is 35.2 Å². The molecule has 1 aromatic rings. The molecule has 5 atom stereocenters. The first-order valence-corrected chi connectivity index (χ1v) is 10.5. The molecule has 2 N–H and O–H groups in total. The molecule has 0 aromatic heterocycles. The fourth-order valence-corrected chi connectivity index (χ4v) is 3.75. The summed E-state index contributed by atoms with van der Waals surface area (Å²) < 4.78 is 20.0. The summed E-state index contributed by atoms with van der Waals surface area (Å²) in [5, 5.41) is 20.4. The van der Waals surface area contributed by atoms with Crippen LogP contribution >= 0.6 is 0 Å². The van der Waals surface area contributed by atoms with Gasteiger partial charge >= 0.3 is 0 Å². The van der Waals surface area contributed by atoms with Gasteiger partial charge in [0, 0.05) is 12.3 Å². The lowest BCUT2D eigenvalue weighted by atomic mass is 9.90. The summed E-state index contributed by atoms with van der Waals surface area (Å²) in [5.74, 6) is 0.195. The highest BCUT2D eigenvalue weighted by Gasteiger charge is 2.40. The largest absolute Gasteiger partial charge is 0.491 e. The molecule has 156 valence electrons. The highest BCUT2D eigenvalue weighted by atomic mass is 19.1. The Bertz CT molecular complexity index is 628. The van der Waals surface area contributed by atoms with Crippen molar-refractivity contribution in [2.45, 2.75) is 70.8 Å². The molecule has 0 unspecified atom stereocenters. The van der Waals surface area contributed by atoms with Crippen LogP contribution in [0.1, 0.15) is 51.0 Å². The van der Waals surface area contributed by atoms with Crippen molar-refractivity contribution in [3.05, 3.63) is 54.1 Å². The van der Waals surface area contributed by atoms with Crippen molar-refractivity contribution in [2.24, 2.45) is 11.8 Å². The predicted molar refractivity (Wildman–Crippen MR) is 112 cm³/mol. The van der Waals surface area contributed by atoms with E-state index in [0.29, 0.717) is 12.2 Å². The molecule has 1 aliphatic rings. The molecule has 28 heavy (non-hydrogen) atoms. The average molecular weight is 391 g/mol. The number of halogens is 1. The van der Waals surface area contributed by atoms with Crippen LogP contribution < -0.4 is 4.74 Å². The van der Waals surface area contributed by atoms with E-state index in [4.69, 9.17) is 4.74 Å². The third-order valence-electron chi connectivity index (χ3n) is 5.39. The number of unbranched alkanes of at least 4 members (excludes halogenated alkanes) is 3. The maximum Gasteiger partial charge on any atom is 0.119 e. The number of aliphatic hydroxyl groups excluding tert-OH is 2. The van der Waals surface area contributed by atoms with E-state index < -0.39 is 18.4 Å². The number of alkyl halides is 1. The molecule has 0 amide bonds. The molecular formula is C24H35FO3. The molecule has 0 spiro atoms. The number of rotatable bonds is 11. The minimum Gasteiger partial charge on any atom is -0.491 e. The van der Waals surface area contributed by atoms with Gasteiger partial charge in [-0.15, -0.1) is 0 Å². The second-order valence-electron chi connectivity index (χ2n) is 7.84. The number of hydrogen-bond donors (Lipinski definition) is 2. The molecule has 3 nitrogen and oxygen atoms in total. The number of aliphatic hydroxyl groups is 2. The molecule has 1 fully saturated rings. The topological polar surface area (TPSA) is 49.7 Å². The van der Waals surface area contributed by atoms with Gasteiger partial charge in [0.05, 0.1) is 6.10 Å². The molecular weight excluding hydrogens is 355 g/mol. The maximum absolute atomic E-state index is 14.4. The van der Waals surface area contributed by atoms with Crippen LogP contribution in [0.4, 0.5) is 4.39 Å². The van der Waals surface area contributed by atoms with E-state index in [1.807, 2.05) is 31.2 Å².